The maximum absolute atomic E-state index is 11.8. The predicted molar refractivity (Wildman–Crippen MR) is 108 cm³/mol. The van der Waals surface area contributed by atoms with Crippen LogP contribution in [0.15, 0.2) is 30.5 Å². The molecule has 0 radical (unpaired) electrons. The van der Waals surface area contributed by atoms with Gasteiger partial charge in [0.05, 0.1) is 17.7 Å². The molecule has 1 aromatic heterocycles. The van der Waals surface area contributed by atoms with E-state index in [2.05, 4.69) is 44.9 Å². The van der Waals surface area contributed by atoms with Crippen LogP contribution in [0.1, 0.15) is 66.1 Å². The second-order valence-electron chi connectivity index (χ2n) is 7.77. The van der Waals surface area contributed by atoms with Crippen molar-refractivity contribution >= 4 is 17.7 Å². The van der Waals surface area contributed by atoms with Crippen molar-refractivity contribution in [2.24, 2.45) is 5.73 Å². The molecule has 4 rings (SSSR count). The van der Waals surface area contributed by atoms with Gasteiger partial charge in [-0.1, -0.05) is 24.3 Å². The van der Waals surface area contributed by atoms with Gasteiger partial charge in [-0.25, -0.2) is 4.98 Å². The van der Waals surface area contributed by atoms with Crippen molar-refractivity contribution in [3.8, 4) is 0 Å². The Morgan fingerprint density at radius 2 is 2.00 bits per heavy atom. The van der Waals surface area contributed by atoms with Gasteiger partial charge < -0.3 is 21.5 Å². The monoisotopic (exact) mass is 381 g/mol. The van der Waals surface area contributed by atoms with Gasteiger partial charge >= 0.3 is 0 Å². The van der Waals surface area contributed by atoms with Gasteiger partial charge in [0.25, 0.3) is 5.91 Å². The lowest BCUT2D eigenvalue weighted by atomic mass is 9.88. The van der Waals surface area contributed by atoms with Crippen LogP contribution in [0.5, 0.6) is 0 Å². The molecule has 5 N–H and O–H groups in total. The number of aromatic nitrogens is 2. The van der Waals surface area contributed by atoms with Crippen LogP contribution in [0.2, 0.25) is 0 Å². The Balaban J connectivity index is 1.56. The first kappa shape index (κ1) is 18.7. The number of primary amides is 1. The number of aryl methyl sites for hydroxylation is 1. The van der Waals surface area contributed by atoms with Crippen molar-refractivity contribution in [1.29, 1.82) is 0 Å². The molecule has 2 aliphatic carbocycles. The SMILES string of the molecule is NC(=O)c1cnc(N[C@H]2CCCc3ccccc32)nc1N[C@@H]1CCC[C@H](O)C1. The van der Waals surface area contributed by atoms with E-state index in [1.165, 1.54) is 17.3 Å². The van der Waals surface area contributed by atoms with Crippen LogP contribution in [0, 0.1) is 0 Å². The molecule has 0 spiro atoms. The zero-order valence-electron chi connectivity index (χ0n) is 15.9. The van der Waals surface area contributed by atoms with Crippen LogP contribution in [0.3, 0.4) is 0 Å². The third-order valence-electron chi connectivity index (χ3n) is 5.71. The fourth-order valence-corrected chi connectivity index (χ4v) is 4.29. The standard InChI is InChI=1S/C21H27N5O2/c22-19(28)17-12-23-21(26-20(17)24-14-7-4-8-15(27)11-14)25-18-10-3-6-13-5-1-2-9-16(13)18/h1-2,5,9,12,14-15,18,27H,3-4,6-8,10-11H2,(H2,22,28)(H2,23,24,25,26)/t14-,15+,18+/m1/s1. The summed E-state index contributed by atoms with van der Waals surface area (Å²) in [6, 6.07) is 8.65. The molecule has 1 aromatic carbocycles. The van der Waals surface area contributed by atoms with Gasteiger partial charge in [0, 0.05) is 12.2 Å². The Morgan fingerprint density at radius 3 is 2.82 bits per heavy atom. The fourth-order valence-electron chi connectivity index (χ4n) is 4.29. The van der Waals surface area contributed by atoms with Crippen LogP contribution in [-0.4, -0.2) is 33.1 Å². The second kappa shape index (κ2) is 8.14. The number of nitrogens with two attached hydrogens (primary N) is 1. The minimum absolute atomic E-state index is 0.0695. The van der Waals surface area contributed by atoms with Crippen molar-refractivity contribution in [3.05, 3.63) is 47.2 Å². The van der Waals surface area contributed by atoms with Crippen LogP contribution in [0.4, 0.5) is 11.8 Å². The number of aliphatic hydroxyl groups excluding tert-OH is 1. The molecule has 0 aliphatic heterocycles. The van der Waals surface area contributed by atoms with Gasteiger partial charge in [-0.05, 0) is 56.1 Å². The highest BCUT2D eigenvalue weighted by Gasteiger charge is 2.24. The second-order valence-corrected chi connectivity index (χ2v) is 7.77. The summed E-state index contributed by atoms with van der Waals surface area (Å²) in [5.41, 5.74) is 8.42. The zero-order chi connectivity index (χ0) is 19.5. The van der Waals surface area contributed by atoms with Crippen molar-refractivity contribution in [2.45, 2.75) is 63.1 Å². The first-order chi connectivity index (χ1) is 13.6. The minimum Gasteiger partial charge on any atom is -0.393 e. The Hall–Kier alpha value is -2.67. The zero-order valence-corrected chi connectivity index (χ0v) is 15.9. The topological polar surface area (TPSA) is 113 Å². The molecule has 1 heterocycles. The first-order valence-electron chi connectivity index (χ1n) is 10.1. The van der Waals surface area contributed by atoms with E-state index >= 15 is 0 Å². The van der Waals surface area contributed by atoms with E-state index in [4.69, 9.17) is 5.73 Å². The molecule has 0 saturated heterocycles. The molecule has 1 amide bonds. The molecule has 28 heavy (non-hydrogen) atoms. The number of hydrogen-bond donors (Lipinski definition) is 4. The number of rotatable bonds is 5. The Bertz CT molecular complexity index is 856. The van der Waals surface area contributed by atoms with E-state index in [0.29, 0.717) is 18.2 Å². The van der Waals surface area contributed by atoms with Gasteiger partial charge in [-0.3, -0.25) is 4.79 Å². The largest absolute Gasteiger partial charge is 0.393 e. The third-order valence-corrected chi connectivity index (χ3v) is 5.71. The number of amides is 1. The summed E-state index contributed by atoms with van der Waals surface area (Å²) in [6.07, 6.45) is 7.70. The van der Waals surface area contributed by atoms with Crippen LogP contribution >= 0.6 is 0 Å². The van der Waals surface area contributed by atoms with Gasteiger partial charge in [0.1, 0.15) is 5.82 Å². The average molecular weight is 381 g/mol. The Labute approximate surface area is 164 Å². The van der Waals surface area contributed by atoms with Crippen molar-refractivity contribution in [3.63, 3.8) is 0 Å². The highest BCUT2D eigenvalue weighted by molar-refractivity contribution is 5.97. The number of aliphatic hydroxyl groups is 1. The summed E-state index contributed by atoms with van der Waals surface area (Å²) in [4.78, 5) is 20.7. The molecule has 0 unspecified atom stereocenters. The van der Waals surface area contributed by atoms with Crippen LogP contribution < -0.4 is 16.4 Å². The molecule has 1 saturated carbocycles. The van der Waals surface area contributed by atoms with E-state index in [0.717, 1.165) is 38.5 Å². The molecule has 2 aliphatic rings. The quantitative estimate of drug-likeness (QED) is 0.633. The highest BCUT2D eigenvalue weighted by Crippen LogP contribution is 2.32. The summed E-state index contributed by atoms with van der Waals surface area (Å²) in [5.74, 6) is 0.354. The molecule has 3 atom stereocenters. The molecular formula is C21H27N5O2. The maximum atomic E-state index is 11.8. The first-order valence-corrected chi connectivity index (χ1v) is 10.1. The predicted octanol–water partition coefficient (Wildman–Crippen LogP) is 2.78. The number of anilines is 2. The summed E-state index contributed by atoms with van der Waals surface area (Å²) >= 11 is 0. The number of fused-ring (bicyclic) bond motifs is 1. The Kier molecular flexibility index (Phi) is 5.43. The van der Waals surface area contributed by atoms with Crippen LogP contribution in [0.25, 0.3) is 0 Å². The number of carbonyl (C=O) groups excluding carboxylic acids is 1. The lowest BCUT2D eigenvalue weighted by molar-refractivity contribution is 0.100. The van der Waals surface area contributed by atoms with E-state index in [1.807, 2.05) is 0 Å². The molecule has 1 fully saturated rings. The van der Waals surface area contributed by atoms with E-state index in [-0.39, 0.29) is 23.8 Å². The van der Waals surface area contributed by atoms with Crippen molar-refractivity contribution in [2.75, 3.05) is 10.6 Å². The van der Waals surface area contributed by atoms with Gasteiger partial charge in [-0.2, -0.15) is 4.98 Å². The van der Waals surface area contributed by atoms with Gasteiger partial charge in [-0.15, -0.1) is 0 Å². The lowest BCUT2D eigenvalue weighted by Crippen LogP contribution is -2.31. The number of benzene rings is 1. The summed E-state index contributed by atoms with van der Waals surface area (Å²) < 4.78 is 0. The molecule has 0 bridgehead atoms. The number of nitrogens with zero attached hydrogens (tertiary/aromatic N) is 2. The average Bonchev–Trinajstić information content (AvgIpc) is 2.68. The molecule has 7 nitrogen and oxygen atoms in total. The third kappa shape index (κ3) is 4.09. The van der Waals surface area contributed by atoms with Gasteiger partial charge in [0.15, 0.2) is 0 Å². The van der Waals surface area contributed by atoms with E-state index < -0.39 is 5.91 Å². The molecule has 7 heteroatoms. The fraction of sp³-hybridized carbons (Fsp3) is 0.476. The molecule has 2 aromatic rings. The smallest absolute Gasteiger partial charge is 0.254 e. The van der Waals surface area contributed by atoms with E-state index in [9.17, 15) is 9.90 Å². The summed E-state index contributed by atoms with van der Waals surface area (Å²) in [5, 5.41) is 16.7. The number of hydrogen-bond acceptors (Lipinski definition) is 6. The van der Waals surface area contributed by atoms with E-state index in [1.54, 1.807) is 0 Å². The Morgan fingerprint density at radius 1 is 1.14 bits per heavy atom. The summed E-state index contributed by atoms with van der Waals surface area (Å²) in [6.45, 7) is 0. The maximum Gasteiger partial charge on any atom is 0.254 e. The molecular weight excluding hydrogens is 354 g/mol. The minimum atomic E-state index is -0.562. The number of nitrogens with one attached hydrogen (secondary N) is 2. The summed E-state index contributed by atoms with van der Waals surface area (Å²) in [7, 11) is 0. The number of carbonyl (C=O) groups is 1. The highest BCUT2D eigenvalue weighted by atomic mass is 16.3. The lowest BCUT2D eigenvalue weighted by Gasteiger charge is -2.28. The van der Waals surface area contributed by atoms with Gasteiger partial charge in [0.2, 0.25) is 5.95 Å². The van der Waals surface area contributed by atoms with Crippen molar-refractivity contribution in [1.82, 2.24) is 9.97 Å². The molecule has 148 valence electrons. The van der Waals surface area contributed by atoms with Crippen LogP contribution in [-0.2, 0) is 6.42 Å². The normalized spacial score (nSPS) is 24.2. The van der Waals surface area contributed by atoms with Crippen molar-refractivity contribution < 1.29 is 9.90 Å².